The van der Waals surface area contributed by atoms with Crippen LogP contribution in [0.5, 0.6) is 5.75 Å². The van der Waals surface area contributed by atoms with E-state index in [2.05, 4.69) is 26.9 Å². The van der Waals surface area contributed by atoms with Crippen molar-refractivity contribution in [1.29, 1.82) is 0 Å². The number of halogens is 3. The number of rotatable bonds is 5. The molecule has 0 aromatic heterocycles. The van der Waals surface area contributed by atoms with E-state index in [1.165, 1.54) is 19.2 Å². The van der Waals surface area contributed by atoms with Gasteiger partial charge in [-0.3, -0.25) is 15.6 Å². The van der Waals surface area contributed by atoms with Crippen LogP contribution >= 0.6 is 0 Å². The summed E-state index contributed by atoms with van der Waals surface area (Å²) in [5.74, 6) is -1.06. The summed E-state index contributed by atoms with van der Waals surface area (Å²) in [6, 6.07) is 4.81. The van der Waals surface area contributed by atoms with E-state index >= 15 is 0 Å². The lowest BCUT2D eigenvalue weighted by atomic mass is 10.3. The summed E-state index contributed by atoms with van der Waals surface area (Å²) in [5, 5.41) is 0. The van der Waals surface area contributed by atoms with E-state index in [0.717, 1.165) is 12.1 Å². The summed E-state index contributed by atoms with van der Waals surface area (Å²) in [5.41, 5.74) is 5.08. The van der Waals surface area contributed by atoms with Crippen LogP contribution < -0.4 is 15.6 Å². The maximum Gasteiger partial charge on any atom is 0.573 e. The third kappa shape index (κ3) is 5.19. The van der Waals surface area contributed by atoms with Crippen molar-refractivity contribution in [2.75, 3.05) is 12.5 Å². The summed E-state index contributed by atoms with van der Waals surface area (Å²) in [6.45, 7) is 3.32. The number of amides is 1. The van der Waals surface area contributed by atoms with Crippen LogP contribution in [0, 0.1) is 0 Å². The average molecular weight is 276 g/mol. The van der Waals surface area contributed by atoms with Crippen molar-refractivity contribution in [2.45, 2.75) is 6.36 Å². The van der Waals surface area contributed by atoms with Gasteiger partial charge in [-0.1, -0.05) is 6.58 Å². The summed E-state index contributed by atoms with van der Waals surface area (Å²) < 4.78 is 44.0. The molecule has 1 aromatic rings. The minimum atomic E-state index is -4.74. The second-order valence-corrected chi connectivity index (χ2v) is 3.28. The first-order valence-corrected chi connectivity index (χ1v) is 4.97. The molecule has 0 unspecified atom stereocenters. The van der Waals surface area contributed by atoms with E-state index in [9.17, 15) is 18.0 Å². The van der Waals surface area contributed by atoms with E-state index in [1.807, 2.05) is 0 Å². The predicted molar refractivity (Wildman–Crippen MR) is 61.0 cm³/mol. The highest BCUT2D eigenvalue weighted by Gasteiger charge is 2.30. The number of hydrogen-bond acceptors (Lipinski definition) is 4. The van der Waals surface area contributed by atoms with Gasteiger partial charge in [-0.15, -0.1) is 13.2 Å². The molecule has 1 aromatic carbocycles. The Morgan fingerprint density at radius 1 is 1.26 bits per heavy atom. The average Bonchev–Trinajstić information content (AvgIpc) is 2.34. The fourth-order valence-corrected chi connectivity index (χ4v) is 1.03. The Bertz CT molecular complexity index is 457. The molecule has 0 aliphatic carbocycles. The van der Waals surface area contributed by atoms with Crippen molar-refractivity contribution in [3.63, 3.8) is 0 Å². The Balaban J connectivity index is 2.53. The number of anilines is 1. The second kappa shape index (κ2) is 5.98. The Hall–Kier alpha value is -2.38. The standard InChI is InChI=1S/C11H11F3N2O3/c1-7(18-2)10(17)16-15-8-3-5-9(6-4-8)19-11(12,13)14/h3-6,15H,1H2,2H3,(H,16,17). The molecule has 0 fully saturated rings. The molecule has 0 spiro atoms. The third-order valence-corrected chi connectivity index (χ3v) is 1.91. The van der Waals surface area contributed by atoms with E-state index < -0.39 is 12.3 Å². The van der Waals surface area contributed by atoms with E-state index in [-0.39, 0.29) is 11.5 Å². The number of carbonyl (C=O) groups excluding carboxylic acids is 1. The van der Waals surface area contributed by atoms with Gasteiger partial charge in [-0.05, 0) is 24.3 Å². The summed E-state index contributed by atoms with van der Waals surface area (Å²) in [4.78, 5) is 11.2. The molecule has 0 bridgehead atoms. The Morgan fingerprint density at radius 3 is 2.32 bits per heavy atom. The Labute approximate surface area is 107 Å². The molecule has 8 heteroatoms. The molecule has 0 saturated carbocycles. The van der Waals surface area contributed by atoms with Gasteiger partial charge < -0.3 is 9.47 Å². The first-order chi connectivity index (χ1) is 8.81. The fourth-order valence-electron chi connectivity index (χ4n) is 1.03. The van der Waals surface area contributed by atoms with E-state index in [4.69, 9.17) is 0 Å². The van der Waals surface area contributed by atoms with Gasteiger partial charge in [0, 0.05) is 0 Å². The summed E-state index contributed by atoms with van der Waals surface area (Å²) >= 11 is 0. The number of alkyl halides is 3. The lowest BCUT2D eigenvalue weighted by molar-refractivity contribution is -0.274. The molecule has 0 aliphatic heterocycles. The van der Waals surface area contributed by atoms with Crippen molar-refractivity contribution in [3.05, 3.63) is 36.6 Å². The second-order valence-electron chi connectivity index (χ2n) is 3.28. The molecule has 104 valence electrons. The minimum Gasteiger partial charge on any atom is -0.492 e. The zero-order chi connectivity index (χ0) is 14.5. The molecule has 0 heterocycles. The maximum atomic E-state index is 11.9. The van der Waals surface area contributed by atoms with Crippen molar-refractivity contribution < 1.29 is 27.4 Å². The zero-order valence-electron chi connectivity index (χ0n) is 9.88. The molecule has 5 nitrogen and oxygen atoms in total. The Kier molecular flexibility index (Phi) is 4.62. The van der Waals surface area contributed by atoms with Crippen LogP contribution in [0.15, 0.2) is 36.6 Å². The molecular weight excluding hydrogens is 265 g/mol. The first-order valence-electron chi connectivity index (χ1n) is 4.97. The highest BCUT2D eigenvalue weighted by molar-refractivity contribution is 5.91. The van der Waals surface area contributed by atoms with Crippen LogP contribution in [-0.4, -0.2) is 19.4 Å². The van der Waals surface area contributed by atoms with Crippen molar-refractivity contribution >= 4 is 11.6 Å². The van der Waals surface area contributed by atoms with Gasteiger partial charge in [0.05, 0.1) is 12.8 Å². The van der Waals surface area contributed by atoms with Gasteiger partial charge in [0.1, 0.15) is 5.75 Å². The van der Waals surface area contributed by atoms with Crippen LogP contribution in [0.4, 0.5) is 18.9 Å². The normalized spacial score (nSPS) is 10.5. The van der Waals surface area contributed by atoms with Crippen LogP contribution in [0.3, 0.4) is 0 Å². The summed E-state index contributed by atoms with van der Waals surface area (Å²) in [6.07, 6.45) is -4.74. The smallest absolute Gasteiger partial charge is 0.492 e. The van der Waals surface area contributed by atoms with Gasteiger partial charge >= 0.3 is 12.3 Å². The van der Waals surface area contributed by atoms with Crippen LogP contribution in [-0.2, 0) is 9.53 Å². The molecule has 0 aliphatic rings. The van der Waals surface area contributed by atoms with Crippen molar-refractivity contribution in [3.8, 4) is 5.75 Å². The number of hydrogen-bond donors (Lipinski definition) is 2. The lowest BCUT2D eigenvalue weighted by Gasteiger charge is -2.11. The molecule has 0 saturated heterocycles. The molecule has 19 heavy (non-hydrogen) atoms. The van der Waals surface area contributed by atoms with Crippen LogP contribution in [0.25, 0.3) is 0 Å². The molecule has 0 atom stereocenters. The van der Waals surface area contributed by atoms with E-state index in [0.29, 0.717) is 5.69 Å². The zero-order valence-corrected chi connectivity index (χ0v) is 9.88. The Morgan fingerprint density at radius 2 is 1.84 bits per heavy atom. The van der Waals surface area contributed by atoms with Crippen molar-refractivity contribution in [1.82, 2.24) is 5.43 Å². The van der Waals surface area contributed by atoms with E-state index in [1.54, 1.807) is 0 Å². The van der Waals surface area contributed by atoms with Gasteiger partial charge in [0.15, 0.2) is 5.76 Å². The predicted octanol–water partition coefficient (Wildman–Crippen LogP) is 2.19. The molecule has 0 radical (unpaired) electrons. The lowest BCUT2D eigenvalue weighted by Crippen LogP contribution is -2.30. The number of methoxy groups -OCH3 is 1. The van der Waals surface area contributed by atoms with Gasteiger partial charge in [0.25, 0.3) is 0 Å². The number of nitrogens with one attached hydrogen (secondary N) is 2. The maximum absolute atomic E-state index is 11.9. The van der Waals surface area contributed by atoms with Crippen molar-refractivity contribution in [2.24, 2.45) is 0 Å². The number of benzene rings is 1. The SMILES string of the molecule is C=C(OC)C(=O)NNc1ccc(OC(F)(F)F)cc1. The molecule has 2 N–H and O–H groups in total. The monoisotopic (exact) mass is 276 g/mol. The topological polar surface area (TPSA) is 59.6 Å². The highest BCUT2D eigenvalue weighted by Crippen LogP contribution is 2.23. The molecular formula is C11H11F3N2O3. The molecule has 1 rings (SSSR count). The number of hydrazine groups is 1. The minimum absolute atomic E-state index is 0.107. The largest absolute Gasteiger partial charge is 0.573 e. The van der Waals surface area contributed by atoms with Crippen LogP contribution in [0.1, 0.15) is 0 Å². The number of carbonyl (C=O) groups is 1. The quantitative estimate of drug-likeness (QED) is 0.491. The first kappa shape index (κ1) is 14.7. The highest BCUT2D eigenvalue weighted by atomic mass is 19.4. The molecule has 1 amide bonds. The van der Waals surface area contributed by atoms with Gasteiger partial charge in [-0.25, -0.2) is 0 Å². The fraction of sp³-hybridized carbons (Fsp3) is 0.182. The van der Waals surface area contributed by atoms with Gasteiger partial charge in [-0.2, -0.15) is 0 Å². The van der Waals surface area contributed by atoms with Gasteiger partial charge in [0.2, 0.25) is 0 Å². The third-order valence-electron chi connectivity index (χ3n) is 1.91. The van der Waals surface area contributed by atoms with Crippen LogP contribution in [0.2, 0.25) is 0 Å². The summed E-state index contributed by atoms with van der Waals surface area (Å²) in [7, 11) is 1.28. The number of ether oxygens (including phenoxy) is 2.